The fourth-order valence-electron chi connectivity index (χ4n) is 2.52. The zero-order chi connectivity index (χ0) is 16.3. The van der Waals surface area contributed by atoms with Gasteiger partial charge >= 0.3 is 0 Å². The van der Waals surface area contributed by atoms with Crippen LogP contribution in [0.15, 0.2) is 36.7 Å². The molecule has 0 bridgehead atoms. The average Bonchev–Trinajstić information content (AvgIpc) is 3.16. The predicted octanol–water partition coefficient (Wildman–Crippen LogP) is 3.45. The molecule has 3 rings (SSSR count). The highest BCUT2D eigenvalue weighted by Gasteiger charge is 2.10. The number of benzene rings is 1. The summed E-state index contributed by atoms with van der Waals surface area (Å²) in [6.07, 6.45) is 4.73. The van der Waals surface area contributed by atoms with Gasteiger partial charge in [-0.1, -0.05) is 32.0 Å². The molecule has 1 aliphatic rings. The minimum Gasteiger partial charge on any atom is -0.493 e. The zero-order valence-electron chi connectivity index (χ0n) is 14.1. The average molecular weight is 319 g/mol. The van der Waals surface area contributed by atoms with Crippen molar-refractivity contribution < 1.29 is 10.9 Å². The number of hydrogen-bond donors (Lipinski definition) is 1. The van der Waals surface area contributed by atoms with Gasteiger partial charge in [-0.15, -0.1) is 0 Å². The van der Waals surface area contributed by atoms with Gasteiger partial charge in [0, 0.05) is 38.4 Å². The summed E-state index contributed by atoms with van der Waals surface area (Å²) in [6, 6.07) is 8.09. The quantitative estimate of drug-likeness (QED) is 0.829. The summed E-state index contributed by atoms with van der Waals surface area (Å²) >= 11 is 0. The molecule has 2 aromatic rings. The SMILES string of the molecule is CC.[HH].c1ccc(-c2cn[nH]c2)c(OCCCN2CCOCC2)c1. The molecule has 1 N–H and O–H groups in total. The number of hydrogen-bond acceptors (Lipinski definition) is 4. The second-order valence-corrected chi connectivity index (χ2v) is 5.14. The highest BCUT2D eigenvalue weighted by atomic mass is 16.5. The van der Waals surface area contributed by atoms with Crippen LogP contribution in [0.3, 0.4) is 0 Å². The molecule has 0 saturated carbocycles. The van der Waals surface area contributed by atoms with E-state index in [2.05, 4.69) is 21.2 Å². The van der Waals surface area contributed by atoms with E-state index in [0.29, 0.717) is 0 Å². The van der Waals surface area contributed by atoms with Gasteiger partial charge in [0.1, 0.15) is 5.75 Å². The van der Waals surface area contributed by atoms with E-state index in [0.717, 1.165) is 62.8 Å². The number of ether oxygens (including phenoxy) is 2. The Hall–Kier alpha value is -1.85. The maximum Gasteiger partial charge on any atom is 0.127 e. The first-order valence-electron chi connectivity index (χ1n) is 8.44. The molecule has 1 aliphatic heterocycles. The fraction of sp³-hybridized carbons (Fsp3) is 0.500. The highest BCUT2D eigenvalue weighted by molar-refractivity contribution is 5.68. The minimum atomic E-state index is 0. The molecule has 1 fully saturated rings. The molecule has 5 heteroatoms. The van der Waals surface area contributed by atoms with Crippen molar-refractivity contribution in [2.75, 3.05) is 39.5 Å². The lowest BCUT2D eigenvalue weighted by Crippen LogP contribution is -2.37. The first kappa shape index (κ1) is 17.5. The Bertz CT molecular complexity index is 543. The molecular formula is C18H29N3O2. The molecule has 0 atom stereocenters. The molecule has 2 heterocycles. The largest absolute Gasteiger partial charge is 0.493 e. The lowest BCUT2D eigenvalue weighted by Gasteiger charge is -2.26. The van der Waals surface area contributed by atoms with Crippen molar-refractivity contribution in [3.8, 4) is 16.9 Å². The molecule has 0 aliphatic carbocycles. The summed E-state index contributed by atoms with van der Waals surface area (Å²) in [6.45, 7) is 9.56. The summed E-state index contributed by atoms with van der Waals surface area (Å²) in [5.41, 5.74) is 2.14. The van der Waals surface area contributed by atoms with Crippen LogP contribution in [0.4, 0.5) is 0 Å². The summed E-state index contributed by atoms with van der Waals surface area (Å²) in [5, 5.41) is 6.84. The van der Waals surface area contributed by atoms with Crippen LogP contribution in [-0.4, -0.2) is 54.6 Å². The Morgan fingerprint density at radius 1 is 1.26 bits per heavy atom. The van der Waals surface area contributed by atoms with Crippen LogP contribution in [0.2, 0.25) is 0 Å². The number of aromatic amines is 1. The van der Waals surface area contributed by atoms with Gasteiger partial charge in [-0.25, -0.2) is 0 Å². The molecule has 0 amide bonds. The molecule has 5 nitrogen and oxygen atoms in total. The Labute approximate surface area is 140 Å². The molecule has 1 aromatic carbocycles. The topological polar surface area (TPSA) is 50.4 Å². The van der Waals surface area contributed by atoms with Gasteiger partial charge in [-0.2, -0.15) is 5.10 Å². The van der Waals surface area contributed by atoms with Crippen LogP contribution < -0.4 is 4.74 Å². The maximum absolute atomic E-state index is 5.95. The number of morpholine rings is 1. The predicted molar refractivity (Wildman–Crippen MR) is 94.9 cm³/mol. The number of nitrogens with one attached hydrogen (secondary N) is 1. The van der Waals surface area contributed by atoms with Crippen LogP contribution in [0.25, 0.3) is 11.1 Å². The van der Waals surface area contributed by atoms with E-state index in [4.69, 9.17) is 9.47 Å². The minimum absolute atomic E-state index is 0. The molecular weight excluding hydrogens is 290 g/mol. The monoisotopic (exact) mass is 319 g/mol. The fourth-order valence-corrected chi connectivity index (χ4v) is 2.52. The van der Waals surface area contributed by atoms with Gasteiger partial charge in [-0.3, -0.25) is 10.00 Å². The van der Waals surface area contributed by atoms with E-state index in [1.165, 1.54) is 0 Å². The molecule has 0 radical (unpaired) electrons. The van der Waals surface area contributed by atoms with E-state index >= 15 is 0 Å². The Morgan fingerprint density at radius 2 is 2.04 bits per heavy atom. The first-order chi connectivity index (χ1) is 11.4. The maximum atomic E-state index is 5.95. The lowest BCUT2D eigenvalue weighted by atomic mass is 10.1. The molecule has 128 valence electrons. The number of H-pyrrole nitrogens is 1. The lowest BCUT2D eigenvalue weighted by molar-refractivity contribution is 0.0358. The van der Waals surface area contributed by atoms with Gasteiger partial charge in [0.05, 0.1) is 26.0 Å². The third-order valence-electron chi connectivity index (χ3n) is 3.68. The second-order valence-electron chi connectivity index (χ2n) is 5.14. The summed E-state index contributed by atoms with van der Waals surface area (Å²) in [5.74, 6) is 0.917. The first-order valence-corrected chi connectivity index (χ1v) is 8.44. The third-order valence-corrected chi connectivity index (χ3v) is 3.68. The normalized spacial score (nSPS) is 14.9. The van der Waals surface area contributed by atoms with Gasteiger partial charge in [0.15, 0.2) is 0 Å². The van der Waals surface area contributed by atoms with E-state index in [1.54, 1.807) is 0 Å². The molecule has 0 unspecified atom stereocenters. The van der Waals surface area contributed by atoms with Crippen molar-refractivity contribution >= 4 is 0 Å². The van der Waals surface area contributed by atoms with Crippen molar-refractivity contribution in [1.29, 1.82) is 0 Å². The summed E-state index contributed by atoms with van der Waals surface area (Å²) < 4.78 is 11.3. The van der Waals surface area contributed by atoms with Gasteiger partial charge < -0.3 is 9.47 Å². The van der Waals surface area contributed by atoms with Crippen LogP contribution in [-0.2, 0) is 4.74 Å². The van der Waals surface area contributed by atoms with E-state index in [1.807, 2.05) is 44.4 Å². The van der Waals surface area contributed by atoms with E-state index < -0.39 is 0 Å². The van der Waals surface area contributed by atoms with Crippen LogP contribution in [0, 0.1) is 0 Å². The Balaban J connectivity index is 0.000000925. The third kappa shape index (κ3) is 5.37. The molecule has 1 saturated heterocycles. The number of nitrogens with zero attached hydrogens (tertiary/aromatic N) is 2. The van der Waals surface area contributed by atoms with Crippen molar-refractivity contribution in [3.63, 3.8) is 0 Å². The van der Waals surface area contributed by atoms with E-state index in [-0.39, 0.29) is 1.43 Å². The standard InChI is InChI=1S/C16H21N3O2.C2H6.H2/c1-2-5-16(15(4-1)14-12-17-18-13-14)21-9-3-6-19-7-10-20-11-8-19;1-2;/h1-2,4-5,12-13H,3,6-11H2,(H,17,18);1-2H3;1H. The molecule has 0 spiro atoms. The van der Waals surface area contributed by atoms with Crippen LogP contribution in [0.5, 0.6) is 5.75 Å². The Morgan fingerprint density at radius 3 is 2.78 bits per heavy atom. The van der Waals surface area contributed by atoms with Gasteiger partial charge in [0.25, 0.3) is 0 Å². The smallest absolute Gasteiger partial charge is 0.127 e. The molecule has 1 aromatic heterocycles. The van der Waals surface area contributed by atoms with Crippen molar-refractivity contribution in [2.24, 2.45) is 0 Å². The van der Waals surface area contributed by atoms with Crippen LogP contribution in [0.1, 0.15) is 21.7 Å². The van der Waals surface area contributed by atoms with Crippen molar-refractivity contribution in [3.05, 3.63) is 36.7 Å². The van der Waals surface area contributed by atoms with Gasteiger partial charge in [-0.05, 0) is 12.5 Å². The number of para-hydroxylation sites is 1. The van der Waals surface area contributed by atoms with Gasteiger partial charge in [0.2, 0.25) is 0 Å². The highest BCUT2D eigenvalue weighted by Crippen LogP contribution is 2.28. The number of rotatable bonds is 6. The second kappa shape index (κ2) is 10.0. The van der Waals surface area contributed by atoms with Crippen molar-refractivity contribution in [2.45, 2.75) is 20.3 Å². The molecule has 23 heavy (non-hydrogen) atoms. The number of aromatic nitrogens is 2. The van der Waals surface area contributed by atoms with Crippen molar-refractivity contribution in [1.82, 2.24) is 15.1 Å². The Kier molecular flexibility index (Phi) is 7.63. The zero-order valence-corrected chi connectivity index (χ0v) is 14.1. The van der Waals surface area contributed by atoms with Crippen LogP contribution >= 0.6 is 0 Å². The van der Waals surface area contributed by atoms with E-state index in [9.17, 15) is 0 Å². The summed E-state index contributed by atoms with van der Waals surface area (Å²) in [7, 11) is 0. The summed E-state index contributed by atoms with van der Waals surface area (Å²) in [4.78, 5) is 2.43.